The molecule has 1 fully saturated rings. The van der Waals surface area contributed by atoms with Crippen LogP contribution in [-0.4, -0.2) is 51.8 Å². The van der Waals surface area contributed by atoms with E-state index in [1.165, 1.54) is 5.56 Å². The molecule has 0 amide bonds. The summed E-state index contributed by atoms with van der Waals surface area (Å²) in [4.78, 5) is 24.2. The molecule has 5 rings (SSSR count). The van der Waals surface area contributed by atoms with Gasteiger partial charge in [-0.1, -0.05) is 44.5 Å². The van der Waals surface area contributed by atoms with Gasteiger partial charge in [0, 0.05) is 48.8 Å². The van der Waals surface area contributed by atoms with Crippen molar-refractivity contribution in [1.29, 1.82) is 0 Å². The first-order valence-corrected chi connectivity index (χ1v) is 11.7. The number of aryl methyl sites for hydroxylation is 1. The molecule has 0 N–H and O–H groups in total. The summed E-state index contributed by atoms with van der Waals surface area (Å²) in [6.07, 6.45) is 4.88. The standard InChI is InChI=1S/C24H25N5O2.C2H6/c1-3-22(30)18-14-19-21(15-18)25-24(26-23(19)28-9-11-31-12-10-28)29-8-7-20(27-29)17-6-4-5-16(2)13-17;1-2/h4-8,13,15H,3,9-12,14H2,1-2H3;1-2H3. The molecular formula is C26H31N5O2. The molecule has 0 atom stereocenters. The topological polar surface area (TPSA) is 73.1 Å². The molecule has 3 heterocycles. The van der Waals surface area contributed by atoms with Gasteiger partial charge < -0.3 is 9.64 Å². The second-order valence-electron chi connectivity index (χ2n) is 7.95. The summed E-state index contributed by atoms with van der Waals surface area (Å²) in [7, 11) is 0. The van der Waals surface area contributed by atoms with Crippen molar-refractivity contribution in [3.05, 3.63) is 58.9 Å². The lowest BCUT2D eigenvalue weighted by Crippen LogP contribution is -2.37. The van der Waals surface area contributed by atoms with E-state index < -0.39 is 0 Å². The zero-order chi connectivity index (χ0) is 23.4. The third kappa shape index (κ3) is 4.73. The van der Waals surface area contributed by atoms with E-state index in [-0.39, 0.29) is 5.78 Å². The van der Waals surface area contributed by atoms with Crippen molar-refractivity contribution >= 4 is 17.7 Å². The molecule has 3 aromatic rings. The van der Waals surface area contributed by atoms with Gasteiger partial charge in [-0.05, 0) is 25.1 Å². The second kappa shape index (κ2) is 10.1. The van der Waals surface area contributed by atoms with E-state index >= 15 is 0 Å². The number of anilines is 1. The number of rotatable bonds is 5. The van der Waals surface area contributed by atoms with Crippen LogP contribution in [0.4, 0.5) is 5.82 Å². The van der Waals surface area contributed by atoms with Crippen LogP contribution in [0.2, 0.25) is 0 Å². The highest BCUT2D eigenvalue weighted by Gasteiger charge is 2.27. The summed E-state index contributed by atoms with van der Waals surface area (Å²) in [5.74, 6) is 1.56. The lowest BCUT2D eigenvalue weighted by Gasteiger charge is -2.29. The van der Waals surface area contributed by atoms with Gasteiger partial charge in [0.2, 0.25) is 0 Å². The SMILES string of the molecule is CC.CCC(=O)C1=Cc2nc(-n3ccc(-c4cccc(C)c4)n3)nc(N3CCOCC3)c2C1. The van der Waals surface area contributed by atoms with E-state index in [9.17, 15) is 4.79 Å². The van der Waals surface area contributed by atoms with Crippen molar-refractivity contribution in [2.24, 2.45) is 0 Å². The summed E-state index contributed by atoms with van der Waals surface area (Å²) >= 11 is 0. The Morgan fingerprint density at radius 1 is 1.12 bits per heavy atom. The maximum absolute atomic E-state index is 12.3. The number of hydrogen-bond acceptors (Lipinski definition) is 6. The molecule has 1 aliphatic heterocycles. The number of morpholine rings is 1. The molecule has 2 aliphatic rings. The molecule has 1 aliphatic carbocycles. The van der Waals surface area contributed by atoms with Crippen molar-refractivity contribution in [3.8, 4) is 17.2 Å². The number of aromatic nitrogens is 4. The Morgan fingerprint density at radius 2 is 1.91 bits per heavy atom. The Hall–Kier alpha value is -3.32. The molecule has 0 unspecified atom stereocenters. The number of benzene rings is 1. The van der Waals surface area contributed by atoms with Crippen LogP contribution in [0.1, 0.15) is 44.0 Å². The zero-order valence-electron chi connectivity index (χ0n) is 19.8. The Kier molecular flexibility index (Phi) is 6.99. The monoisotopic (exact) mass is 445 g/mol. The lowest BCUT2D eigenvalue weighted by atomic mass is 10.1. The third-order valence-electron chi connectivity index (χ3n) is 5.78. The van der Waals surface area contributed by atoms with E-state index in [1.54, 1.807) is 4.68 Å². The van der Waals surface area contributed by atoms with Gasteiger partial charge in [-0.2, -0.15) is 10.1 Å². The van der Waals surface area contributed by atoms with E-state index in [2.05, 4.69) is 24.0 Å². The number of fused-ring (bicyclic) bond motifs is 1. The van der Waals surface area contributed by atoms with Crippen LogP contribution in [0.3, 0.4) is 0 Å². The van der Waals surface area contributed by atoms with Crippen molar-refractivity contribution in [2.45, 2.75) is 40.5 Å². The fourth-order valence-corrected chi connectivity index (χ4v) is 4.11. The summed E-state index contributed by atoms with van der Waals surface area (Å²) in [6.45, 7) is 10.8. The van der Waals surface area contributed by atoms with Gasteiger partial charge in [-0.3, -0.25) is 4.79 Å². The highest BCUT2D eigenvalue weighted by molar-refractivity contribution is 6.01. The summed E-state index contributed by atoms with van der Waals surface area (Å²) in [6, 6.07) is 10.2. The van der Waals surface area contributed by atoms with Crippen LogP contribution in [0.5, 0.6) is 0 Å². The molecule has 172 valence electrons. The molecule has 7 nitrogen and oxygen atoms in total. The lowest BCUT2D eigenvalue weighted by molar-refractivity contribution is -0.115. The molecule has 0 spiro atoms. The highest BCUT2D eigenvalue weighted by atomic mass is 16.5. The number of Topliss-reactive ketones (excluding diaryl/α,β-unsaturated/α-hetero) is 1. The molecule has 0 radical (unpaired) electrons. The van der Waals surface area contributed by atoms with Crippen molar-refractivity contribution in [1.82, 2.24) is 19.7 Å². The molecule has 0 saturated carbocycles. The molecule has 7 heteroatoms. The number of allylic oxidation sites excluding steroid dienone is 1. The van der Waals surface area contributed by atoms with Crippen LogP contribution in [-0.2, 0) is 16.0 Å². The maximum Gasteiger partial charge on any atom is 0.253 e. The van der Waals surface area contributed by atoms with Gasteiger partial charge in [0.05, 0.1) is 24.6 Å². The fraction of sp³-hybridized carbons (Fsp3) is 0.385. The summed E-state index contributed by atoms with van der Waals surface area (Å²) in [5.41, 5.74) is 5.76. The molecule has 33 heavy (non-hydrogen) atoms. The minimum absolute atomic E-state index is 0.160. The van der Waals surface area contributed by atoms with Gasteiger partial charge in [-0.15, -0.1) is 0 Å². The van der Waals surface area contributed by atoms with Crippen LogP contribution >= 0.6 is 0 Å². The average Bonchev–Trinajstić information content (AvgIpc) is 3.52. The molecule has 1 saturated heterocycles. The van der Waals surface area contributed by atoms with Crippen LogP contribution in [0, 0.1) is 6.92 Å². The predicted octanol–water partition coefficient (Wildman–Crippen LogP) is 4.42. The number of hydrogen-bond donors (Lipinski definition) is 0. The normalized spacial score (nSPS) is 14.9. The van der Waals surface area contributed by atoms with Crippen LogP contribution < -0.4 is 4.90 Å². The maximum atomic E-state index is 12.3. The highest BCUT2D eigenvalue weighted by Crippen LogP contribution is 2.33. The van der Waals surface area contributed by atoms with E-state index in [0.29, 0.717) is 32.0 Å². The minimum atomic E-state index is 0.160. The second-order valence-corrected chi connectivity index (χ2v) is 7.95. The van der Waals surface area contributed by atoms with Crippen molar-refractivity contribution < 1.29 is 9.53 Å². The Bertz CT molecular complexity index is 1180. The Balaban J connectivity index is 0.00000126. The van der Waals surface area contributed by atoms with Crippen LogP contribution in [0.15, 0.2) is 42.1 Å². The van der Waals surface area contributed by atoms with E-state index in [4.69, 9.17) is 19.8 Å². The van der Waals surface area contributed by atoms with Gasteiger partial charge in [0.1, 0.15) is 5.82 Å². The molecule has 2 aromatic heterocycles. The number of ether oxygens (including phenoxy) is 1. The van der Waals surface area contributed by atoms with Crippen LogP contribution in [0.25, 0.3) is 23.3 Å². The molecular weight excluding hydrogens is 414 g/mol. The summed E-state index contributed by atoms with van der Waals surface area (Å²) < 4.78 is 7.24. The molecule has 0 bridgehead atoms. The van der Waals surface area contributed by atoms with E-state index in [0.717, 1.165) is 47.0 Å². The largest absolute Gasteiger partial charge is 0.378 e. The third-order valence-corrected chi connectivity index (χ3v) is 5.78. The van der Waals surface area contributed by atoms with Gasteiger partial charge >= 0.3 is 0 Å². The van der Waals surface area contributed by atoms with E-state index in [1.807, 2.05) is 51.2 Å². The van der Waals surface area contributed by atoms with Gasteiger partial charge in [-0.25, -0.2) is 9.67 Å². The van der Waals surface area contributed by atoms with Crippen molar-refractivity contribution in [3.63, 3.8) is 0 Å². The number of carbonyl (C=O) groups excluding carboxylic acids is 1. The average molecular weight is 446 g/mol. The smallest absolute Gasteiger partial charge is 0.253 e. The van der Waals surface area contributed by atoms with Crippen molar-refractivity contribution in [2.75, 3.05) is 31.2 Å². The number of ketones is 1. The molecule has 1 aromatic carbocycles. The number of nitrogens with zero attached hydrogens (tertiary/aromatic N) is 5. The summed E-state index contributed by atoms with van der Waals surface area (Å²) in [5, 5.41) is 4.73. The number of carbonyl (C=O) groups is 1. The fourth-order valence-electron chi connectivity index (χ4n) is 4.11. The van der Waals surface area contributed by atoms with Gasteiger partial charge in [0.25, 0.3) is 5.95 Å². The Morgan fingerprint density at radius 3 is 2.64 bits per heavy atom. The first-order valence-electron chi connectivity index (χ1n) is 11.7. The minimum Gasteiger partial charge on any atom is -0.378 e. The first kappa shape index (κ1) is 22.9. The zero-order valence-corrected chi connectivity index (χ0v) is 19.8. The quantitative estimate of drug-likeness (QED) is 0.579. The first-order chi connectivity index (χ1) is 16.1. The Labute approximate surface area is 195 Å². The predicted molar refractivity (Wildman–Crippen MR) is 131 cm³/mol. The van der Waals surface area contributed by atoms with Gasteiger partial charge in [0.15, 0.2) is 5.78 Å².